The number of ether oxygens (including phenoxy) is 2. The Kier molecular flexibility index (Phi) is 7.60. The summed E-state index contributed by atoms with van der Waals surface area (Å²) in [6, 6.07) is 5.00. The molecule has 1 aliphatic heterocycles. The number of amides is 3. The molecule has 3 amide bonds. The molecule has 1 aromatic carbocycles. The minimum atomic E-state index is -1.12. The van der Waals surface area contributed by atoms with Crippen molar-refractivity contribution in [1.29, 1.82) is 0 Å². The van der Waals surface area contributed by atoms with Crippen molar-refractivity contribution in [2.75, 3.05) is 26.3 Å². The van der Waals surface area contributed by atoms with Gasteiger partial charge in [-0.2, -0.15) is 5.10 Å². The maximum absolute atomic E-state index is 12.2. The average molecular weight is 376 g/mol. The molecule has 0 unspecified atom stereocenters. The predicted molar refractivity (Wildman–Crippen MR) is 98.5 cm³/mol. The number of likely N-dealkylation sites (tertiary alicyclic amines) is 1. The van der Waals surface area contributed by atoms with Crippen LogP contribution >= 0.6 is 0 Å². The Balaban J connectivity index is 1.99. The Morgan fingerprint density at radius 3 is 2.59 bits per heavy atom. The van der Waals surface area contributed by atoms with Gasteiger partial charge in [0.25, 0.3) is 5.91 Å². The topological polar surface area (TPSA) is 123 Å². The number of rotatable bonds is 7. The summed E-state index contributed by atoms with van der Waals surface area (Å²) >= 11 is 0. The SMILES string of the molecule is CCOc1cc(/C=N/NC(=O)C(N)=O)ccc1OCC(=O)N1CCCCC1. The number of carbonyl (C=O) groups excluding carboxylic acids is 3. The normalized spacial score (nSPS) is 14.0. The first-order valence-corrected chi connectivity index (χ1v) is 8.81. The quantitative estimate of drug-likeness (QED) is 0.405. The van der Waals surface area contributed by atoms with Gasteiger partial charge in [-0.05, 0) is 49.9 Å². The van der Waals surface area contributed by atoms with Gasteiger partial charge in [-0.15, -0.1) is 0 Å². The van der Waals surface area contributed by atoms with Crippen LogP contribution in [0.1, 0.15) is 31.7 Å². The van der Waals surface area contributed by atoms with Gasteiger partial charge < -0.3 is 20.1 Å². The van der Waals surface area contributed by atoms with E-state index in [1.165, 1.54) is 6.21 Å². The van der Waals surface area contributed by atoms with Crippen LogP contribution in [0.15, 0.2) is 23.3 Å². The van der Waals surface area contributed by atoms with Gasteiger partial charge in [0.2, 0.25) is 0 Å². The third kappa shape index (κ3) is 6.28. The highest BCUT2D eigenvalue weighted by molar-refractivity contribution is 6.34. The second kappa shape index (κ2) is 10.1. The zero-order valence-corrected chi connectivity index (χ0v) is 15.3. The van der Waals surface area contributed by atoms with E-state index in [9.17, 15) is 14.4 Å². The standard InChI is InChI=1S/C18H24N4O5/c1-2-26-15-10-13(11-20-21-18(25)17(19)24)6-7-14(15)27-12-16(23)22-8-4-3-5-9-22/h6-7,10-11H,2-5,8-9,12H2,1H3,(H2,19,24)(H,21,25)/b20-11+. The maximum Gasteiger partial charge on any atom is 0.329 e. The van der Waals surface area contributed by atoms with Gasteiger partial charge in [0.15, 0.2) is 18.1 Å². The molecule has 3 N–H and O–H groups in total. The number of hydrazone groups is 1. The van der Waals surface area contributed by atoms with Gasteiger partial charge in [-0.3, -0.25) is 14.4 Å². The van der Waals surface area contributed by atoms with Gasteiger partial charge in [0.05, 0.1) is 12.8 Å². The van der Waals surface area contributed by atoms with Crippen molar-refractivity contribution < 1.29 is 23.9 Å². The van der Waals surface area contributed by atoms with Crippen LogP contribution in [-0.4, -0.2) is 55.1 Å². The zero-order valence-electron chi connectivity index (χ0n) is 15.3. The molecule has 0 aromatic heterocycles. The monoisotopic (exact) mass is 376 g/mol. The molecule has 1 aliphatic rings. The number of carbonyl (C=O) groups is 3. The van der Waals surface area contributed by atoms with E-state index >= 15 is 0 Å². The summed E-state index contributed by atoms with van der Waals surface area (Å²) in [7, 11) is 0. The van der Waals surface area contributed by atoms with Crippen molar-refractivity contribution in [2.45, 2.75) is 26.2 Å². The molecule has 1 aromatic rings. The fourth-order valence-corrected chi connectivity index (χ4v) is 2.59. The van der Waals surface area contributed by atoms with Crippen LogP contribution in [0, 0.1) is 0 Å². The van der Waals surface area contributed by atoms with Crippen molar-refractivity contribution in [3.63, 3.8) is 0 Å². The fraction of sp³-hybridized carbons (Fsp3) is 0.444. The largest absolute Gasteiger partial charge is 0.490 e. The van der Waals surface area contributed by atoms with E-state index in [1.807, 2.05) is 17.2 Å². The van der Waals surface area contributed by atoms with Crippen LogP contribution in [0.5, 0.6) is 11.5 Å². The summed E-state index contributed by atoms with van der Waals surface area (Å²) in [6.45, 7) is 3.73. The molecule has 0 aliphatic carbocycles. The van der Waals surface area contributed by atoms with E-state index in [0.29, 0.717) is 23.7 Å². The third-order valence-corrected chi connectivity index (χ3v) is 3.93. The summed E-state index contributed by atoms with van der Waals surface area (Å²) in [5, 5.41) is 3.65. The Bertz CT molecular complexity index is 714. The van der Waals surface area contributed by atoms with Gasteiger partial charge in [0.1, 0.15) is 0 Å². The highest BCUT2D eigenvalue weighted by atomic mass is 16.5. The average Bonchev–Trinajstić information content (AvgIpc) is 2.67. The number of hydrogen-bond acceptors (Lipinski definition) is 6. The first-order valence-electron chi connectivity index (χ1n) is 8.81. The number of nitrogens with two attached hydrogens (primary N) is 1. The summed E-state index contributed by atoms with van der Waals surface area (Å²) in [5.41, 5.74) is 7.43. The number of hydrogen-bond donors (Lipinski definition) is 2. The van der Waals surface area contributed by atoms with Gasteiger partial charge >= 0.3 is 11.8 Å². The molecule has 0 saturated carbocycles. The molecule has 1 saturated heterocycles. The minimum absolute atomic E-state index is 0.0445. The Labute approximate surface area is 157 Å². The van der Waals surface area contributed by atoms with E-state index in [1.54, 1.807) is 18.2 Å². The van der Waals surface area contributed by atoms with Gasteiger partial charge in [-0.25, -0.2) is 5.43 Å². The molecular formula is C18H24N4O5. The highest BCUT2D eigenvalue weighted by Gasteiger charge is 2.17. The molecule has 9 heteroatoms. The minimum Gasteiger partial charge on any atom is -0.490 e. The highest BCUT2D eigenvalue weighted by Crippen LogP contribution is 2.28. The number of nitrogens with zero attached hydrogens (tertiary/aromatic N) is 2. The summed E-state index contributed by atoms with van der Waals surface area (Å²) in [4.78, 5) is 35.7. The summed E-state index contributed by atoms with van der Waals surface area (Å²) in [5.74, 6) is -1.27. The van der Waals surface area contributed by atoms with E-state index in [4.69, 9.17) is 15.2 Å². The molecule has 0 atom stereocenters. The lowest BCUT2D eigenvalue weighted by atomic mass is 10.1. The van der Waals surface area contributed by atoms with E-state index in [-0.39, 0.29) is 12.5 Å². The lowest BCUT2D eigenvalue weighted by Gasteiger charge is -2.26. The predicted octanol–water partition coefficient (Wildman–Crippen LogP) is 0.412. The molecule has 146 valence electrons. The summed E-state index contributed by atoms with van der Waals surface area (Å²) in [6.07, 6.45) is 4.54. The fourth-order valence-electron chi connectivity index (χ4n) is 2.59. The van der Waals surface area contributed by atoms with Crippen LogP contribution < -0.4 is 20.6 Å². The maximum atomic E-state index is 12.2. The van der Waals surface area contributed by atoms with E-state index < -0.39 is 11.8 Å². The van der Waals surface area contributed by atoms with Crippen LogP contribution in [0.25, 0.3) is 0 Å². The van der Waals surface area contributed by atoms with Crippen molar-refractivity contribution >= 4 is 23.9 Å². The molecule has 27 heavy (non-hydrogen) atoms. The second-order valence-electron chi connectivity index (χ2n) is 5.93. The van der Waals surface area contributed by atoms with Crippen molar-refractivity contribution in [3.8, 4) is 11.5 Å². The van der Waals surface area contributed by atoms with Crippen LogP contribution in [0.4, 0.5) is 0 Å². The second-order valence-corrected chi connectivity index (χ2v) is 5.93. The summed E-state index contributed by atoms with van der Waals surface area (Å²) < 4.78 is 11.2. The molecule has 1 heterocycles. The number of nitrogens with one attached hydrogen (secondary N) is 1. The number of benzene rings is 1. The van der Waals surface area contributed by atoms with E-state index in [2.05, 4.69) is 5.10 Å². The molecule has 0 radical (unpaired) electrons. The van der Waals surface area contributed by atoms with Crippen molar-refractivity contribution in [3.05, 3.63) is 23.8 Å². The first-order chi connectivity index (χ1) is 13.0. The molecule has 9 nitrogen and oxygen atoms in total. The molecule has 0 spiro atoms. The molecule has 0 bridgehead atoms. The first kappa shape index (κ1) is 20.2. The smallest absolute Gasteiger partial charge is 0.329 e. The van der Waals surface area contributed by atoms with Gasteiger partial charge in [0, 0.05) is 13.1 Å². The van der Waals surface area contributed by atoms with Crippen LogP contribution in [-0.2, 0) is 14.4 Å². The molecular weight excluding hydrogens is 352 g/mol. The Morgan fingerprint density at radius 2 is 1.93 bits per heavy atom. The molecule has 1 fully saturated rings. The lowest BCUT2D eigenvalue weighted by molar-refractivity contribution is -0.137. The Morgan fingerprint density at radius 1 is 1.19 bits per heavy atom. The lowest BCUT2D eigenvalue weighted by Crippen LogP contribution is -2.38. The van der Waals surface area contributed by atoms with Crippen molar-refractivity contribution in [1.82, 2.24) is 10.3 Å². The van der Waals surface area contributed by atoms with Crippen LogP contribution in [0.3, 0.4) is 0 Å². The number of piperidine rings is 1. The number of primary amides is 1. The zero-order chi connectivity index (χ0) is 19.6. The van der Waals surface area contributed by atoms with Gasteiger partial charge in [-0.1, -0.05) is 0 Å². The van der Waals surface area contributed by atoms with E-state index in [0.717, 1.165) is 32.4 Å². The molecule has 2 rings (SSSR count). The van der Waals surface area contributed by atoms with Crippen molar-refractivity contribution in [2.24, 2.45) is 10.8 Å². The Hall–Kier alpha value is -3.10. The third-order valence-electron chi connectivity index (χ3n) is 3.93. The van der Waals surface area contributed by atoms with Crippen LogP contribution in [0.2, 0.25) is 0 Å².